The van der Waals surface area contributed by atoms with Gasteiger partial charge in [-0.1, -0.05) is 12.1 Å². The number of benzene rings is 1. The third-order valence-corrected chi connectivity index (χ3v) is 11.6. The number of hydrogen-bond acceptors (Lipinski definition) is 10. The van der Waals surface area contributed by atoms with Crippen molar-refractivity contribution in [1.82, 2.24) is 24.9 Å². The SMILES string of the molecule is CC1CCC2(C(=O)N([C@H](C(=O)NCc3ccc(F)cc3)[C@@H](C)O)C2C)N1C(=O)OC(C)(C)C.CC1CCC2(C(=O)N([C@H](C(=O)O)[C@@H](C)O)C2C)N1C(=O)OC(C)(C)C. The molecule has 4 aliphatic heterocycles. The summed E-state index contributed by atoms with van der Waals surface area (Å²) in [7, 11) is 0. The van der Waals surface area contributed by atoms with Gasteiger partial charge in [-0.05, 0) is 126 Å². The number of β-lactam (4-membered cyclic amide) rings is 2. The second-order valence-electron chi connectivity index (χ2n) is 18.2. The molecule has 4 heterocycles. The molecule has 0 saturated carbocycles. The lowest BCUT2D eigenvalue weighted by atomic mass is 9.75. The third-order valence-electron chi connectivity index (χ3n) is 11.6. The monoisotopic (exact) mass is 819 g/mol. The molecule has 324 valence electrons. The average molecular weight is 820 g/mol. The first kappa shape index (κ1) is 46.2. The highest BCUT2D eigenvalue weighted by atomic mass is 19.1. The fourth-order valence-electron chi connectivity index (χ4n) is 8.94. The molecule has 1 aromatic rings. The van der Waals surface area contributed by atoms with Crippen LogP contribution in [0.4, 0.5) is 14.0 Å². The van der Waals surface area contributed by atoms with Gasteiger partial charge in [0.1, 0.15) is 34.1 Å². The molecule has 4 saturated heterocycles. The van der Waals surface area contributed by atoms with E-state index in [1.165, 1.54) is 45.6 Å². The molecular weight excluding hydrogens is 757 g/mol. The molecular formula is C41H62FN5O11. The first-order valence-corrected chi connectivity index (χ1v) is 19.9. The summed E-state index contributed by atoms with van der Waals surface area (Å²) in [4.78, 5) is 82.1. The van der Waals surface area contributed by atoms with Gasteiger partial charge in [-0.2, -0.15) is 0 Å². The molecule has 4 fully saturated rings. The van der Waals surface area contributed by atoms with Crippen LogP contribution in [0, 0.1) is 5.82 Å². The van der Waals surface area contributed by atoms with E-state index in [0.29, 0.717) is 31.2 Å². The summed E-state index contributed by atoms with van der Waals surface area (Å²) in [6.07, 6.45) is -1.27. The number of nitrogens with one attached hydrogen (secondary N) is 1. The normalized spacial score (nSPS) is 28.9. The molecule has 5 rings (SSSR count). The molecule has 16 nitrogen and oxygen atoms in total. The van der Waals surface area contributed by atoms with Crippen LogP contribution in [-0.2, 0) is 35.2 Å². The summed E-state index contributed by atoms with van der Waals surface area (Å²) in [5.41, 5.74) is -2.90. The Balaban J connectivity index is 0.000000267. The van der Waals surface area contributed by atoms with Crippen molar-refractivity contribution >= 4 is 35.9 Å². The smallest absolute Gasteiger partial charge is 0.411 e. The van der Waals surface area contributed by atoms with Crippen molar-refractivity contribution in [2.24, 2.45) is 0 Å². The van der Waals surface area contributed by atoms with Crippen LogP contribution in [-0.4, -0.2) is 142 Å². The van der Waals surface area contributed by atoms with Gasteiger partial charge in [0, 0.05) is 18.6 Å². The number of likely N-dealkylation sites (tertiary alicyclic amines) is 4. The number of nitrogens with zero attached hydrogens (tertiary/aromatic N) is 4. The number of aliphatic carboxylic acids is 1. The number of halogens is 1. The van der Waals surface area contributed by atoms with E-state index >= 15 is 0 Å². The quantitative estimate of drug-likeness (QED) is 0.278. The molecule has 0 bridgehead atoms. The number of amides is 5. The van der Waals surface area contributed by atoms with Crippen LogP contribution in [0.1, 0.15) is 114 Å². The Bertz CT molecular complexity index is 1740. The summed E-state index contributed by atoms with van der Waals surface area (Å²) in [5, 5.41) is 32.3. The summed E-state index contributed by atoms with van der Waals surface area (Å²) in [6, 6.07) is 1.88. The van der Waals surface area contributed by atoms with Gasteiger partial charge in [-0.25, -0.2) is 18.8 Å². The van der Waals surface area contributed by atoms with Crippen molar-refractivity contribution < 1.29 is 58.0 Å². The van der Waals surface area contributed by atoms with E-state index in [2.05, 4.69) is 5.32 Å². The molecule has 0 radical (unpaired) electrons. The molecule has 17 heteroatoms. The van der Waals surface area contributed by atoms with Crippen molar-refractivity contribution in [2.75, 3.05) is 0 Å². The Morgan fingerprint density at radius 2 is 1.14 bits per heavy atom. The number of rotatable bonds is 8. The molecule has 1 aromatic carbocycles. The number of carbonyl (C=O) groups is 6. The second-order valence-corrected chi connectivity index (χ2v) is 18.2. The van der Waals surface area contributed by atoms with Crippen LogP contribution in [0.5, 0.6) is 0 Å². The zero-order chi connectivity index (χ0) is 44.0. The van der Waals surface area contributed by atoms with E-state index in [0.717, 1.165) is 0 Å². The van der Waals surface area contributed by atoms with Crippen molar-refractivity contribution in [3.05, 3.63) is 35.6 Å². The summed E-state index contributed by atoms with van der Waals surface area (Å²) >= 11 is 0. The Labute approximate surface area is 340 Å². The maximum Gasteiger partial charge on any atom is 0.411 e. The largest absolute Gasteiger partial charge is 0.480 e. The molecule has 6 unspecified atom stereocenters. The summed E-state index contributed by atoms with van der Waals surface area (Å²) in [6.45, 7) is 20.7. The van der Waals surface area contributed by atoms with Gasteiger partial charge in [-0.15, -0.1) is 0 Å². The maximum atomic E-state index is 13.5. The minimum absolute atomic E-state index is 0.130. The van der Waals surface area contributed by atoms with E-state index in [-0.39, 0.29) is 30.4 Å². The molecule has 10 atom stereocenters. The van der Waals surface area contributed by atoms with E-state index in [9.17, 15) is 48.5 Å². The number of carboxylic acids is 1. The lowest BCUT2D eigenvalue weighted by molar-refractivity contribution is -0.188. The number of aliphatic hydroxyl groups is 2. The average Bonchev–Trinajstić information content (AvgIpc) is 3.66. The van der Waals surface area contributed by atoms with Crippen molar-refractivity contribution in [3.8, 4) is 0 Å². The van der Waals surface area contributed by atoms with Gasteiger partial charge in [0.25, 0.3) is 11.8 Å². The van der Waals surface area contributed by atoms with Gasteiger partial charge >= 0.3 is 18.2 Å². The highest BCUT2D eigenvalue weighted by Crippen LogP contribution is 2.50. The maximum absolute atomic E-state index is 13.5. The van der Waals surface area contributed by atoms with E-state index in [4.69, 9.17) is 9.47 Å². The predicted molar refractivity (Wildman–Crippen MR) is 208 cm³/mol. The summed E-state index contributed by atoms with van der Waals surface area (Å²) in [5.74, 6) is -2.96. The van der Waals surface area contributed by atoms with E-state index in [1.54, 1.807) is 67.5 Å². The van der Waals surface area contributed by atoms with Crippen molar-refractivity contribution in [2.45, 2.75) is 186 Å². The lowest BCUT2D eigenvalue weighted by Gasteiger charge is -2.59. The first-order valence-electron chi connectivity index (χ1n) is 19.9. The zero-order valence-electron chi connectivity index (χ0n) is 35.7. The summed E-state index contributed by atoms with van der Waals surface area (Å²) < 4.78 is 24.1. The standard InChI is InChI=1S/C24H34FN3O5.C17H28N2O6/c1-14-11-12-24(28(14)22(32)33-23(4,5)6)16(3)27(21(24)31)19(15(2)29)20(30)26-13-17-7-9-18(25)10-8-17;1-9-7-8-17(19(9)15(24)25-16(4,5)6)11(3)18(14(17)23)12(10(2)20)13(21)22/h7-10,14-16,19,29H,11-13H2,1-6H3,(H,26,30);9-12,20H,7-8H2,1-6H3,(H,21,22)/t14?,15-,16?,19+,24?;9?,10-,11?,12+,17?/m11/s1. The van der Waals surface area contributed by atoms with Gasteiger partial charge in [-0.3, -0.25) is 24.2 Å². The van der Waals surface area contributed by atoms with Gasteiger partial charge < -0.3 is 39.9 Å². The highest BCUT2D eigenvalue weighted by Gasteiger charge is 2.70. The molecule has 2 spiro atoms. The predicted octanol–water partition coefficient (Wildman–Crippen LogP) is 3.79. The van der Waals surface area contributed by atoms with E-state index in [1.807, 2.05) is 13.8 Å². The second kappa shape index (κ2) is 16.6. The van der Waals surface area contributed by atoms with Crippen molar-refractivity contribution in [1.29, 1.82) is 0 Å². The minimum Gasteiger partial charge on any atom is -0.480 e. The topological polar surface area (TPSA) is 207 Å². The lowest BCUT2D eigenvalue weighted by Crippen LogP contribution is -2.82. The van der Waals surface area contributed by atoms with Gasteiger partial charge in [0.2, 0.25) is 5.91 Å². The van der Waals surface area contributed by atoms with Crippen LogP contribution in [0.2, 0.25) is 0 Å². The Kier molecular flexibility index (Phi) is 13.2. The zero-order valence-corrected chi connectivity index (χ0v) is 35.7. The van der Waals surface area contributed by atoms with Gasteiger partial charge in [0.15, 0.2) is 6.04 Å². The molecule has 4 N–H and O–H groups in total. The molecule has 4 aliphatic rings. The number of carbonyl (C=O) groups excluding carboxylic acids is 5. The molecule has 58 heavy (non-hydrogen) atoms. The van der Waals surface area contributed by atoms with Crippen LogP contribution >= 0.6 is 0 Å². The van der Waals surface area contributed by atoms with Gasteiger partial charge in [0.05, 0.1) is 24.3 Å². The van der Waals surface area contributed by atoms with Crippen LogP contribution in [0.25, 0.3) is 0 Å². The Morgan fingerprint density at radius 3 is 1.47 bits per heavy atom. The molecule has 0 aliphatic carbocycles. The van der Waals surface area contributed by atoms with E-state index < -0.39 is 88.6 Å². The number of aliphatic hydroxyl groups excluding tert-OH is 2. The number of ether oxygens (including phenoxy) is 2. The van der Waals surface area contributed by atoms with Crippen LogP contribution in [0.3, 0.4) is 0 Å². The Hall–Kier alpha value is -4.51. The first-order chi connectivity index (χ1) is 26.6. The Morgan fingerprint density at radius 1 is 0.759 bits per heavy atom. The fraction of sp³-hybridized carbons (Fsp3) is 0.707. The number of hydrogen-bond donors (Lipinski definition) is 4. The van der Waals surface area contributed by atoms with Crippen LogP contribution < -0.4 is 5.32 Å². The van der Waals surface area contributed by atoms with Crippen LogP contribution in [0.15, 0.2) is 24.3 Å². The third kappa shape index (κ3) is 8.47. The fourth-order valence-corrected chi connectivity index (χ4v) is 8.94. The molecule has 5 amide bonds. The minimum atomic E-state index is -1.33. The highest BCUT2D eigenvalue weighted by molar-refractivity contribution is 6.01. The van der Waals surface area contributed by atoms with Crippen molar-refractivity contribution in [3.63, 3.8) is 0 Å². The molecule has 0 aromatic heterocycles. The number of carboxylic acid groups (broad SMARTS) is 1.